The van der Waals surface area contributed by atoms with Crippen molar-refractivity contribution in [2.75, 3.05) is 5.75 Å². The second-order valence-electron chi connectivity index (χ2n) is 4.41. The average Bonchev–Trinajstić information content (AvgIpc) is 2.33. The Morgan fingerprint density at radius 3 is 2.74 bits per heavy atom. The van der Waals surface area contributed by atoms with Gasteiger partial charge in [0.2, 0.25) is 0 Å². The van der Waals surface area contributed by atoms with Crippen LogP contribution in [-0.2, 0) is 9.59 Å². The van der Waals surface area contributed by atoms with Crippen molar-refractivity contribution in [2.24, 2.45) is 4.99 Å². The molecular formula is C11H12BrClN2O3S. The smallest absolute Gasteiger partial charge is 0.352 e. The molecule has 8 heteroatoms. The number of hydrogen-bond acceptors (Lipinski definition) is 4. The Balaban J connectivity index is 2.36. The summed E-state index contributed by atoms with van der Waals surface area (Å²) in [6, 6.07) is -0.477. The van der Waals surface area contributed by atoms with Crippen molar-refractivity contribution < 1.29 is 14.7 Å². The molecule has 0 saturated carbocycles. The van der Waals surface area contributed by atoms with Crippen LogP contribution < -0.4 is 0 Å². The molecule has 2 aliphatic heterocycles. The van der Waals surface area contributed by atoms with E-state index in [2.05, 4.69) is 20.9 Å². The van der Waals surface area contributed by atoms with E-state index in [1.807, 2.05) is 13.8 Å². The fourth-order valence-electron chi connectivity index (χ4n) is 2.05. The van der Waals surface area contributed by atoms with E-state index in [4.69, 9.17) is 11.6 Å². The quantitative estimate of drug-likeness (QED) is 0.471. The Hall–Kier alpha value is -0.530. The van der Waals surface area contributed by atoms with Crippen LogP contribution in [0.4, 0.5) is 0 Å². The number of carboxylic acids is 1. The number of nitrogens with zero attached hydrogens (tertiary/aromatic N) is 2. The van der Waals surface area contributed by atoms with Crippen LogP contribution in [0, 0.1) is 0 Å². The first-order chi connectivity index (χ1) is 8.84. The lowest BCUT2D eigenvalue weighted by molar-refractivity contribution is -0.147. The highest BCUT2D eigenvalue weighted by Gasteiger charge is 2.54. The van der Waals surface area contributed by atoms with Crippen LogP contribution in [0.5, 0.6) is 0 Å². The van der Waals surface area contributed by atoms with Crippen LogP contribution >= 0.6 is 39.3 Å². The minimum absolute atomic E-state index is 0.00849. The standard InChI is InChI=1S/C11H12BrClN2O3S/c1-4(2)14-6-9(16)15-7(11(17)18)5(8(12)13)3-19-10(6)15/h6,8,10H,3H2,1-2H3,(H,17,18)/t6-,8?,10+/m1/s1. The third-order valence-corrected chi connectivity index (χ3v) is 4.94. The Labute approximate surface area is 128 Å². The van der Waals surface area contributed by atoms with Crippen LogP contribution in [-0.4, -0.2) is 49.0 Å². The molecule has 3 atom stereocenters. The number of hydrogen-bond donors (Lipinski definition) is 1. The van der Waals surface area contributed by atoms with Gasteiger partial charge in [0.15, 0.2) is 6.04 Å². The lowest BCUT2D eigenvalue weighted by Crippen LogP contribution is -2.64. The summed E-state index contributed by atoms with van der Waals surface area (Å²) >= 11 is 10.6. The number of alkyl halides is 2. The predicted molar refractivity (Wildman–Crippen MR) is 78.9 cm³/mol. The van der Waals surface area contributed by atoms with Crippen molar-refractivity contribution in [3.05, 3.63) is 11.3 Å². The van der Waals surface area contributed by atoms with E-state index in [1.165, 1.54) is 16.7 Å². The molecule has 1 unspecified atom stereocenters. The summed E-state index contributed by atoms with van der Waals surface area (Å²) in [7, 11) is 0. The third-order valence-electron chi connectivity index (χ3n) is 2.83. The van der Waals surface area contributed by atoms with Gasteiger partial charge in [0.1, 0.15) is 15.4 Å². The third kappa shape index (κ3) is 2.55. The normalized spacial score (nSPS) is 27.6. The summed E-state index contributed by atoms with van der Waals surface area (Å²) in [4.78, 5) is 29.0. The molecule has 2 aliphatic rings. The monoisotopic (exact) mass is 366 g/mol. The number of rotatable bonds is 3. The van der Waals surface area contributed by atoms with Crippen LogP contribution in [0.15, 0.2) is 16.3 Å². The highest BCUT2D eigenvalue weighted by molar-refractivity contribution is 9.10. The van der Waals surface area contributed by atoms with Crippen molar-refractivity contribution in [1.29, 1.82) is 0 Å². The van der Waals surface area contributed by atoms with E-state index >= 15 is 0 Å². The first kappa shape index (κ1) is 14.9. The molecule has 0 aliphatic carbocycles. The minimum Gasteiger partial charge on any atom is -0.477 e. The summed E-state index contributed by atoms with van der Waals surface area (Å²) in [6.07, 6.45) is 0. The van der Waals surface area contributed by atoms with E-state index < -0.39 is 16.3 Å². The van der Waals surface area contributed by atoms with Gasteiger partial charge >= 0.3 is 5.97 Å². The van der Waals surface area contributed by atoms with Crippen molar-refractivity contribution in [2.45, 2.75) is 29.5 Å². The van der Waals surface area contributed by atoms with Crippen molar-refractivity contribution >= 4 is 56.9 Å². The molecule has 2 rings (SSSR count). The van der Waals surface area contributed by atoms with Crippen molar-refractivity contribution in [3.8, 4) is 0 Å². The van der Waals surface area contributed by atoms with Crippen LogP contribution in [0.1, 0.15) is 13.8 Å². The van der Waals surface area contributed by atoms with Crippen molar-refractivity contribution in [1.82, 2.24) is 4.90 Å². The molecule has 104 valence electrons. The number of aliphatic carboxylic acids is 1. The van der Waals surface area contributed by atoms with Crippen LogP contribution in [0.2, 0.25) is 0 Å². The lowest BCUT2D eigenvalue weighted by atomic mass is 10.0. The van der Waals surface area contributed by atoms with Crippen LogP contribution in [0.25, 0.3) is 0 Å². The van der Waals surface area contributed by atoms with Crippen molar-refractivity contribution in [3.63, 3.8) is 0 Å². The molecule has 1 amide bonds. The van der Waals surface area contributed by atoms with Gasteiger partial charge in [-0.15, -0.1) is 23.4 Å². The topological polar surface area (TPSA) is 70.0 Å². The molecule has 0 spiro atoms. The predicted octanol–water partition coefficient (Wildman–Crippen LogP) is 2.05. The Bertz CT molecular complexity index is 502. The summed E-state index contributed by atoms with van der Waals surface area (Å²) in [5.74, 6) is -0.933. The van der Waals surface area contributed by atoms with E-state index in [9.17, 15) is 14.7 Å². The Morgan fingerprint density at radius 2 is 2.26 bits per heavy atom. The van der Waals surface area contributed by atoms with Crippen LogP contribution in [0.3, 0.4) is 0 Å². The maximum atomic E-state index is 12.1. The zero-order chi connectivity index (χ0) is 14.3. The molecule has 2 heterocycles. The molecule has 0 aromatic heterocycles. The van der Waals surface area contributed by atoms with E-state index in [0.29, 0.717) is 11.3 Å². The molecule has 1 saturated heterocycles. The van der Waals surface area contributed by atoms with Gasteiger partial charge in [0.05, 0.1) is 0 Å². The maximum absolute atomic E-state index is 12.1. The second kappa shape index (κ2) is 5.46. The molecule has 1 fully saturated rings. The fourth-order valence-corrected chi connectivity index (χ4v) is 4.29. The SMILES string of the molecule is CC(C)=N[C@@H]1C(=O)N2C(C(=O)O)=C(C(Cl)Br)CS[C@@H]12. The van der Waals surface area contributed by atoms with Gasteiger partial charge in [0, 0.05) is 11.5 Å². The highest BCUT2D eigenvalue weighted by atomic mass is 79.9. The van der Waals surface area contributed by atoms with Gasteiger partial charge < -0.3 is 5.11 Å². The van der Waals surface area contributed by atoms with E-state index in [0.717, 1.165) is 5.71 Å². The number of amides is 1. The highest BCUT2D eigenvalue weighted by Crippen LogP contribution is 2.43. The summed E-state index contributed by atoms with van der Waals surface area (Å²) < 4.78 is -0.588. The zero-order valence-corrected chi connectivity index (χ0v) is 13.4. The number of carboxylic acid groups (broad SMARTS) is 1. The summed E-state index contributed by atoms with van der Waals surface area (Å²) in [6.45, 7) is 3.63. The van der Waals surface area contributed by atoms with Gasteiger partial charge in [-0.25, -0.2) is 4.79 Å². The van der Waals surface area contributed by atoms with Gasteiger partial charge in [-0.1, -0.05) is 15.9 Å². The molecule has 1 N–H and O–H groups in total. The number of thioether (sulfide) groups is 1. The average molecular weight is 368 g/mol. The Kier molecular flexibility index (Phi) is 4.27. The first-order valence-corrected chi connectivity index (χ1v) is 7.94. The maximum Gasteiger partial charge on any atom is 0.352 e. The molecular weight excluding hydrogens is 356 g/mol. The van der Waals surface area contributed by atoms with Gasteiger partial charge in [-0.2, -0.15) is 0 Å². The second-order valence-corrected chi connectivity index (χ2v) is 7.39. The lowest BCUT2D eigenvalue weighted by Gasteiger charge is -2.48. The number of carbonyl (C=O) groups excluding carboxylic acids is 1. The summed E-state index contributed by atoms with van der Waals surface area (Å²) in [5.41, 5.74) is 1.31. The molecule has 0 aromatic rings. The first-order valence-electron chi connectivity index (χ1n) is 5.54. The van der Waals surface area contributed by atoms with E-state index in [-0.39, 0.29) is 17.0 Å². The molecule has 0 bridgehead atoms. The van der Waals surface area contributed by atoms with Gasteiger partial charge in [-0.3, -0.25) is 14.7 Å². The Morgan fingerprint density at radius 1 is 1.63 bits per heavy atom. The molecule has 19 heavy (non-hydrogen) atoms. The number of aliphatic imine (C=N–C) groups is 1. The molecule has 0 radical (unpaired) electrons. The largest absolute Gasteiger partial charge is 0.477 e. The van der Waals surface area contributed by atoms with E-state index in [1.54, 1.807) is 0 Å². The number of fused-ring (bicyclic) bond motifs is 1. The number of carbonyl (C=O) groups is 2. The zero-order valence-electron chi connectivity index (χ0n) is 10.3. The number of halogens is 2. The van der Waals surface area contributed by atoms with Gasteiger partial charge in [-0.05, 0) is 19.4 Å². The molecule has 0 aromatic carbocycles. The molecule has 5 nitrogen and oxygen atoms in total. The summed E-state index contributed by atoms with van der Waals surface area (Å²) in [5, 5.41) is 9.05. The fraction of sp³-hybridized carbons (Fsp3) is 0.545. The number of β-lactam (4-membered cyclic amide) rings is 1. The van der Waals surface area contributed by atoms with Gasteiger partial charge in [0.25, 0.3) is 5.91 Å². The minimum atomic E-state index is -1.13.